The van der Waals surface area contributed by atoms with Gasteiger partial charge in [0.05, 0.1) is 26.0 Å². The van der Waals surface area contributed by atoms with Gasteiger partial charge < -0.3 is 9.64 Å². The smallest absolute Gasteiger partial charge is 0.264 e. The third-order valence-electron chi connectivity index (χ3n) is 6.57. The van der Waals surface area contributed by atoms with Gasteiger partial charge in [0.2, 0.25) is 5.91 Å². The number of unbranched alkanes of at least 4 members (excludes halogenated alkanes) is 11. The van der Waals surface area contributed by atoms with Crippen molar-refractivity contribution in [2.24, 2.45) is 0 Å². The van der Waals surface area contributed by atoms with Crippen molar-refractivity contribution in [3.8, 4) is 5.75 Å². The molecule has 0 atom stereocenters. The van der Waals surface area contributed by atoms with Gasteiger partial charge in [-0.1, -0.05) is 102 Å². The number of carbonyl (C=O) groups excluding carboxylic acids is 1. The van der Waals surface area contributed by atoms with Crippen molar-refractivity contribution in [1.29, 1.82) is 0 Å². The molecule has 0 aromatic heterocycles. The quantitative estimate of drug-likeness (QED) is 0.125. The molecule has 0 aliphatic carbocycles. The summed E-state index contributed by atoms with van der Waals surface area (Å²) in [5.74, 6) is 0.730. The normalized spacial score (nSPS) is 11.4. The molecule has 0 fully saturated rings. The van der Waals surface area contributed by atoms with Crippen LogP contribution in [0.5, 0.6) is 5.75 Å². The molecule has 0 N–H and O–H groups in total. The van der Waals surface area contributed by atoms with Gasteiger partial charge in [0.15, 0.2) is 0 Å². The zero-order valence-corrected chi connectivity index (χ0v) is 24.4. The summed E-state index contributed by atoms with van der Waals surface area (Å²) in [4.78, 5) is 14.1. The number of benzene rings is 2. The van der Waals surface area contributed by atoms with Crippen molar-refractivity contribution in [1.82, 2.24) is 0 Å². The minimum Gasteiger partial charge on any atom is -0.494 e. The van der Waals surface area contributed by atoms with E-state index in [-0.39, 0.29) is 12.5 Å². The molecule has 2 rings (SSSR count). The lowest BCUT2D eigenvalue weighted by molar-refractivity contribution is -0.116. The standard InChI is InChI=1S/C31H47NO5S/c1-4-5-6-7-8-9-10-11-12-13-14-15-23-36-31-21-19-30(20-22-31)32(27(2)33)25-28-17-16-18-29(24-28)26-37-38(3,34)35/h16-22,24H,4-15,23,25-26H2,1-3H3. The predicted octanol–water partition coefficient (Wildman–Crippen LogP) is 7.80. The highest BCUT2D eigenvalue weighted by Gasteiger charge is 2.13. The molecule has 212 valence electrons. The summed E-state index contributed by atoms with van der Waals surface area (Å²) in [6.45, 7) is 4.85. The molecular formula is C31H47NO5S. The molecule has 7 heteroatoms. The first-order valence-electron chi connectivity index (χ1n) is 14.2. The third kappa shape index (κ3) is 14.0. The first-order valence-corrected chi connectivity index (χ1v) is 16.0. The van der Waals surface area contributed by atoms with E-state index >= 15 is 0 Å². The summed E-state index contributed by atoms with van der Waals surface area (Å²) in [5.41, 5.74) is 2.41. The van der Waals surface area contributed by atoms with E-state index in [1.165, 1.54) is 77.6 Å². The fourth-order valence-electron chi connectivity index (χ4n) is 4.42. The van der Waals surface area contributed by atoms with Crippen LogP contribution in [0.4, 0.5) is 5.69 Å². The molecular weight excluding hydrogens is 498 g/mol. The summed E-state index contributed by atoms with van der Waals surface area (Å²) < 4.78 is 33.3. The Bertz CT molecular complexity index is 1040. The number of amides is 1. The fourth-order valence-corrected chi connectivity index (χ4v) is 4.77. The van der Waals surface area contributed by atoms with Gasteiger partial charge in [-0.3, -0.25) is 8.98 Å². The first-order chi connectivity index (χ1) is 18.3. The van der Waals surface area contributed by atoms with Gasteiger partial charge in [-0.25, -0.2) is 0 Å². The lowest BCUT2D eigenvalue weighted by Gasteiger charge is -2.22. The molecule has 0 bridgehead atoms. The summed E-state index contributed by atoms with van der Waals surface area (Å²) in [5, 5.41) is 0. The lowest BCUT2D eigenvalue weighted by atomic mass is 10.1. The topological polar surface area (TPSA) is 72.9 Å². The van der Waals surface area contributed by atoms with Gasteiger partial charge in [0.1, 0.15) is 5.75 Å². The van der Waals surface area contributed by atoms with Gasteiger partial charge in [0, 0.05) is 12.6 Å². The van der Waals surface area contributed by atoms with E-state index in [1.807, 2.05) is 42.5 Å². The van der Waals surface area contributed by atoms with Gasteiger partial charge >= 0.3 is 0 Å². The molecule has 0 aliphatic heterocycles. The Kier molecular flexibility index (Phi) is 15.1. The maximum absolute atomic E-state index is 12.4. The average Bonchev–Trinajstić information content (AvgIpc) is 2.89. The molecule has 0 aliphatic rings. The number of carbonyl (C=O) groups is 1. The minimum atomic E-state index is -3.51. The van der Waals surface area contributed by atoms with Crippen LogP contribution in [0.1, 0.15) is 102 Å². The van der Waals surface area contributed by atoms with Gasteiger partial charge in [-0.15, -0.1) is 0 Å². The Balaban J connectivity index is 1.70. The van der Waals surface area contributed by atoms with Crippen molar-refractivity contribution in [2.45, 2.75) is 104 Å². The van der Waals surface area contributed by atoms with Crippen LogP contribution in [0.2, 0.25) is 0 Å². The molecule has 38 heavy (non-hydrogen) atoms. The van der Waals surface area contributed by atoms with Crippen LogP contribution in [-0.2, 0) is 32.2 Å². The van der Waals surface area contributed by atoms with E-state index in [2.05, 4.69) is 6.92 Å². The van der Waals surface area contributed by atoms with Crippen LogP contribution in [-0.4, -0.2) is 27.2 Å². The van der Waals surface area contributed by atoms with E-state index in [4.69, 9.17) is 8.92 Å². The number of hydrogen-bond acceptors (Lipinski definition) is 5. The van der Waals surface area contributed by atoms with E-state index in [9.17, 15) is 13.2 Å². The van der Waals surface area contributed by atoms with Gasteiger partial charge in [-0.2, -0.15) is 8.42 Å². The van der Waals surface area contributed by atoms with E-state index in [1.54, 1.807) is 11.0 Å². The Labute approximate surface area is 230 Å². The highest BCUT2D eigenvalue weighted by Crippen LogP contribution is 2.23. The molecule has 2 aromatic rings. The second-order valence-corrected chi connectivity index (χ2v) is 11.8. The molecule has 0 unspecified atom stereocenters. The summed E-state index contributed by atoms with van der Waals surface area (Å²) in [7, 11) is -3.51. The Morgan fingerprint density at radius 3 is 1.89 bits per heavy atom. The lowest BCUT2D eigenvalue weighted by Crippen LogP contribution is -2.27. The number of hydrogen-bond donors (Lipinski definition) is 0. The Hall–Kier alpha value is -2.38. The Morgan fingerprint density at radius 1 is 0.789 bits per heavy atom. The number of ether oxygens (including phenoxy) is 1. The number of anilines is 1. The predicted molar refractivity (Wildman–Crippen MR) is 156 cm³/mol. The summed E-state index contributed by atoms with van der Waals surface area (Å²) >= 11 is 0. The highest BCUT2D eigenvalue weighted by atomic mass is 32.2. The molecule has 0 spiro atoms. The van der Waals surface area contributed by atoms with Gasteiger partial charge in [-0.05, 0) is 41.8 Å². The average molecular weight is 546 g/mol. The molecule has 0 saturated heterocycles. The van der Waals surface area contributed by atoms with Crippen molar-refractivity contribution >= 4 is 21.7 Å². The second-order valence-electron chi connectivity index (χ2n) is 10.1. The van der Waals surface area contributed by atoms with Crippen LogP contribution in [0, 0.1) is 0 Å². The molecule has 0 radical (unpaired) electrons. The van der Waals surface area contributed by atoms with Crippen molar-refractivity contribution in [2.75, 3.05) is 17.8 Å². The van der Waals surface area contributed by atoms with Crippen molar-refractivity contribution < 1.29 is 22.1 Å². The monoisotopic (exact) mass is 545 g/mol. The molecule has 6 nitrogen and oxygen atoms in total. The Morgan fingerprint density at radius 2 is 1.34 bits per heavy atom. The third-order valence-corrected chi connectivity index (χ3v) is 7.11. The summed E-state index contributed by atoms with van der Waals surface area (Å²) in [6, 6.07) is 15.0. The molecule has 0 heterocycles. The minimum absolute atomic E-state index is 0.0298. The second kappa shape index (κ2) is 18.0. The van der Waals surface area contributed by atoms with E-state index in [0.717, 1.165) is 35.2 Å². The molecule has 2 aromatic carbocycles. The van der Waals surface area contributed by atoms with Crippen molar-refractivity contribution in [3.05, 3.63) is 59.7 Å². The zero-order chi connectivity index (χ0) is 27.6. The van der Waals surface area contributed by atoms with Crippen LogP contribution < -0.4 is 9.64 Å². The van der Waals surface area contributed by atoms with Crippen molar-refractivity contribution in [3.63, 3.8) is 0 Å². The largest absolute Gasteiger partial charge is 0.494 e. The number of rotatable bonds is 20. The van der Waals surface area contributed by atoms with Crippen LogP contribution >= 0.6 is 0 Å². The SMILES string of the molecule is CCCCCCCCCCCCCCOc1ccc(N(Cc2cccc(COS(C)(=O)=O)c2)C(C)=O)cc1. The zero-order valence-electron chi connectivity index (χ0n) is 23.6. The molecule has 0 saturated carbocycles. The fraction of sp³-hybridized carbons (Fsp3) is 0.581. The maximum Gasteiger partial charge on any atom is 0.264 e. The van der Waals surface area contributed by atoms with Gasteiger partial charge in [0.25, 0.3) is 10.1 Å². The summed E-state index contributed by atoms with van der Waals surface area (Å²) in [6.07, 6.45) is 16.9. The maximum atomic E-state index is 12.4. The molecule has 1 amide bonds. The van der Waals surface area contributed by atoms with Crippen LogP contribution in [0.3, 0.4) is 0 Å². The van der Waals surface area contributed by atoms with E-state index in [0.29, 0.717) is 13.2 Å². The highest BCUT2D eigenvalue weighted by molar-refractivity contribution is 7.85. The van der Waals surface area contributed by atoms with E-state index < -0.39 is 10.1 Å². The van der Waals surface area contributed by atoms with Crippen LogP contribution in [0.15, 0.2) is 48.5 Å². The first kappa shape index (κ1) is 31.8. The number of nitrogens with zero attached hydrogens (tertiary/aromatic N) is 1. The van der Waals surface area contributed by atoms with Crippen LogP contribution in [0.25, 0.3) is 0 Å².